The number of hydrogen-bond acceptors (Lipinski definition) is 15. The van der Waals surface area contributed by atoms with Crippen LogP contribution in [0.1, 0.15) is 54.1 Å². The number of aromatic nitrogens is 4. The average Bonchev–Trinajstić information content (AvgIpc) is 3.60. The zero-order valence-electron chi connectivity index (χ0n) is 35.9. The van der Waals surface area contributed by atoms with Crippen molar-refractivity contribution in [1.29, 1.82) is 0 Å². The summed E-state index contributed by atoms with van der Waals surface area (Å²) < 4.78 is 33.1. The van der Waals surface area contributed by atoms with E-state index in [1.54, 1.807) is 24.1 Å². The smallest absolute Gasteiger partial charge is 0.255 e. The Balaban J connectivity index is 0.841. The van der Waals surface area contributed by atoms with Crippen molar-refractivity contribution in [3.63, 3.8) is 0 Å². The van der Waals surface area contributed by atoms with Crippen LogP contribution in [0.2, 0.25) is 5.02 Å². The maximum absolute atomic E-state index is 13.4. The molecular formula is C44H49ClN12O6S. The van der Waals surface area contributed by atoms with Crippen LogP contribution in [0, 0.1) is 0 Å². The van der Waals surface area contributed by atoms with Crippen LogP contribution in [-0.4, -0.2) is 121 Å². The van der Waals surface area contributed by atoms with E-state index in [4.69, 9.17) is 16.3 Å². The topological polar surface area (TPSA) is 207 Å². The van der Waals surface area contributed by atoms with Crippen molar-refractivity contribution in [2.24, 2.45) is 0 Å². The van der Waals surface area contributed by atoms with Gasteiger partial charge in [0.25, 0.3) is 5.91 Å². The fraction of sp³-hybridized carbons (Fsp3) is 0.386. The number of anilines is 7. The number of benzene rings is 3. The minimum Gasteiger partial charge on any atom is -0.494 e. The third-order valence-electron chi connectivity index (χ3n) is 12.7. The first-order chi connectivity index (χ1) is 30.8. The van der Waals surface area contributed by atoms with Gasteiger partial charge in [0.15, 0.2) is 5.82 Å². The maximum atomic E-state index is 13.4. The summed E-state index contributed by atoms with van der Waals surface area (Å²) in [5.74, 6) is 0.259. The average molecular weight is 909 g/mol. The van der Waals surface area contributed by atoms with Crippen molar-refractivity contribution in [1.82, 2.24) is 35.1 Å². The molecule has 6 heterocycles. The largest absolute Gasteiger partial charge is 0.494 e. The number of carbonyl (C=O) groups excluding carboxylic acids is 3. The maximum Gasteiger partial charge on any atom is 0.255 e. The molecule has 3 amide bonds. The molecule has 0 saturated carbocycles. The Morgan fingerprint density at radius 3 is 2.45 bits per heavy atom. The van der Waals surface area contributed by atoms with Crippen molar-refractivity contribution in [2.75, 3.05) is 71.7 Å². The molecule has 1 atom stereocenters. The minimum absolute atomic E-state index is 0.156. The summed E-state index contributed by atoms with van der Waals surface area (Å²) in [4.78, 5) is 64.4. The van der Waals surface area contributed by atoms with Gasteiger partial charge >= 0.3 is 0 Å². The second-order valence-electron chi connectivity index (χ2n) is 16.6. The minimum atomic E-state index is -3.68. The standard InChI is InChI=1S/C44H49ClN12O6S/c1-5-25-19-33(50-44-48-21-30(45)41(52-44)49-32-10-9-31-39(47-16-15-46-31)40(32)53-64(4,61)62)37(63-3)20-36(25)55-17-13-26(14-18-55)54(2)27-22-56(23-27)34-8-6-7-28-29(34)24-57(43(28)60)35-11-12-38(58)51-42(35)59/h6-10,15-16,19-21,26-27,35,53H,5,11-14,17-18,22-24H2,1-4H3,(H,51,58,59)(H2,48,49,50,52). The molecule has 0 radical (unpaired) electrons. The predicted octanol–water partition coefficient (Wildman–Crippen LogP) is 5.05. The van der Waals surface area contributed by atoms with Crippen LogP contribution < -0.4 is 35.2 Å². The van der Waals surface area contributed by atoms with Gasteiger partial charge in [0.1, 0.15) is 22.3 Å². The molecule has 3 aromatic carbocycles. The normalized spacial score (nSPS) is 18.3. The molecule has 18 nitrogen and oxygen atoms in total. The van der Waals surface area contributed by atoms with Gasteiger partial charge in [0.2, 0.25) is 27.8 Å². The lowest BCUT2D eigenvalue weighted by molar-refractivity contribution is -0.136. The molecule has 0 aliphatic carbocycles. The highest BCUT2D eigenvalue weighted by Crippen LogP contribution is 2.40. The summed E-state index contributed by atoms with van der Waals surface area (Å²) in [6.45, 7) is 5.94. The second kappa shape index (κ2) is 17.3. The van der Waals surface area contributed by atoms with Gasteiger partial charge < -0.3 is 30.1 Å². The van der Waals surface area contributed by atoms with Crippen molar-refractivity contribution >= 4 is 90.6 Å². The van der Waals surface area contributed by atoms with Crippen LogP contribution in [0.5, 0.6) is 5.75 Å². The Morgan fingerprint density at radius 1 is 0.938 bits per heavy atom. The monoisotopic (exact) mass is 908 g/mol. The number of aryl methyl sites for hydroxylation is 1. The van der Waals surface area contributed by atoms with Crippen LogP contribution >= 0.6 is 11.6 Å². The molecule has 4 aliphatic rings. The number of hydrogen-bond donors (Lipinski definition) is 4. The zero-order valence-corrected chi connectivity index (χ0v) is 37.5. The number of carbonyl (C=O) groups is 3. The molecule has 0 bridgehead atoms. The molecule has 3 saturated heterocycles. The third-order valence-corrected chi connectivity index (χ3v) is 13.5. The molecule has 5 aromatic rings. The van der Waals surface area contributed by atoms with Crippen LogP contribution in [0.25, 0.3) is 11.0 Å². The fourth-order valence-corrected chi connectivity index (χ4v) is 9.95. The lowest BCUT2D eigenvalue weighted by atomic mass is 9.96. The molecule has 2 aromatic heterocycles. The number of nitrogens with zero attached hydrogens (tertiary/aromatic N) is 8. The van der Waals surface area contributed by atoms with Crippen molar-refractivity contribution < 1.29 is 27.5 Å². The van der Waals surface area contributed by atoms with Crippen molar-refractivity contribution in [3.8, 4) is 5.75 Å². The van der Waals surface area contributed by atoms with E-state index in [-0.39, 0.29) is 40.7 Å². The van der Waals surface area contributed by atoms with Gasteiger partial charge in [0, 0.05) is 92.2 Å². The van der Waals surface area contributed by atoms with Crippen molar-refractivity contribution in [3.05, 3.63) is 82.8 Å². The van der Waals surface area contributed by atoms with E-state index in [1.165, 1.54) is 18.6 Å². The molecular weight excluding hydrogens is 860 g/mol. The van der Waals surface area contributed by atoms with Gasteiger partial charge in [-0.05, 0) is 68.6 Å². The number of nitrogens with one attached hydrogen (secondary N) is 4. The highest BCUT2D eigenvalue weighted by Gasteiger charge is 2.42. The Labute approximate surface area is 375 Å². The van der Waals surface area contributed by atoms with Crippen LogP contribution in [-0.2, 0) is 32.6 Å². The molecule has 1 unspecified atom stereocenters. The first-order valence-electron chi connectivity index (χ1n) is 21.3. The van der Waals surface area contributed by atoms with Crippen LogP contribution in [0.15, 0.2) is 61.1 Å². The van der Waals surface area contributed by atoms with Gasteiger partial charge in [-0.15, -0.1) is 0 Å². The molecule has 334 valence electrons. The summed E-state index contributed by atoms with van der Waals surface area (Å²) in [5, 5.41) is 9.06. The summed E-state index contributed by atoms with van der Waals surface area (Å²) in [6, 6.07) is 13.5. The molecule has 20 heteroatoms. The number of halogens is 1. The Morgan fingerprint density at radius 2 is 1.72 bits per heavy atom. The molecule has 4 N–H and O–H groups in total. The fourth-order valence-electron chi connectivity index (χ4n) is 9.24. The Hall–Kier alpha value is -6.31. The highest BCUT2D eigenvalue weighted by atomic mass is 35.5. The Kier molecular flexibility index (Phi) is 11.6. The summed E-state index contributed by atoms with van der Waals surface area (Å²) in [6.07, 6.45) is 8.88. The summed E-state index contributed by atoms with van der Waals surface area (Å²) >= 11 is 6.57. The molecule has 0 spiro atoms. The van der Waals surface area contributed by atoms with E-state index in [0.717, 1.165) is 74.2 Å². The first kappa shape index (κ1) is 43.0. The quantitative estimate of drug-likeness (QED) is 0.114. The number of piperidine rings is 2. The molecule has 64 heavy (non-hydrogen) atoms. The van der Waals surface area contributed by atoms with Gasteiger partial charge in [-0.2, -0.15) is 4.98 Å². The van der Waals surface area contributed by atoms with Gasteiger partial charge in [-0.25, -0.2) is 13.4 Å². The van der Waals surface area contributed by atoms with E-state index in [2.05, 4.69) is 87.5 Å². The number of ether oxygens (including phenoxy) is 1. The van der Waals surface area contributed by atoms with Gasteiger partial charge in [0.05, 0.1) is 42.1 Å². The predicted molar refractivity (Wildman–Crippen MR) is 245 cm³/mol. The second-order valence-corrected chi connectivity index (χ2v) is 18.8. The summed E-state index contributed by atoms with van der Waals surface area (Å²) in [5.41, 5.74) is 6.99. The Bertz CT molecular complexity index is 2780. The van der Waals surface area contributed by atoms with Crippen LogP contribution in [0.3, 0.4) is 0 Å². The molecule has 3 fully saturated rings. The first-order valence-corrected chi connectivity index (χ1v) is 23.5. The molecule has 4 aliphatic heterocycles. The van der Waals surface area contributed by atoms with Gasteiger partial charge in [-0.1, -0.05) is 24.6 Å². The van der Waals surface area contributed by atoms with Crippen LogP contribution in [0.4, 0.5) is 40.2 Å². The SMILES string of the molecule is CCc1cc(Nc2ncc(Cl)c(Nc3ccc4nccnc4c3NS(C)(=O)=O)n2)c(OC)cc1N1CCC(N(C)C2CN(c3cccc4c3CN(C3CCC(=O)NC3=O)C4=O)C2)CC1. The number of fused-ring (bicyclic) bond motifs is 2. The van der Waals surface area contributed by atoms with E-state index < -0.39 is 22.0 Å². The lowest BCUT2D eigenvalue weighted by Gasteiger charge is -2.50. The lowest BCUT2D eigenvalue weighted by Crippen LogP contribution is -2.62. The van der Waals surface area contributed by atoms with Gasteiger partial charge in [-0.3, -0.25) is 39.3 Å². The number of imide groups is 1. The zero-order chi connectivity index (χ0) is 44.9. The highest BCUT2D eigenvalue weighted by molar-refractivity contribution is 7.92. The third kappa shape index (κ3) is 8.42. The number of rotatable bonds is 13. The van der Waals surface area contributed by atoms with Crippen molar-refractivity contribution in [2.45, 2.75) is 63.7 Å². The number of likely N-dealkylation sites (N-methyl/N-ethyl adjacent to an activating group) is 1. The number of sulfonamides is 1. The van der Waals surface area contributed by atoms with E-state index in [9.17, 15) is 22.8 Å². The molecule has 9 rings (SSSR count). The number of amides is 3. The van der Waals surface area contributed by atoms with E-state index in [1.807, 2.05) is 12.1 Å². The van der Waals surface area contributed by atoms with E-state index >= 15 is 0 Å². The van der Waals surface area contributed by atoms with E-state index in [0.29, 0.717) is 58.8 Å². The number of methoxy groups -OCH3 is 1. The summed E-state index contributed by atoms with van der Waals surface area (Å²) in [7, 11) is 0.168.